The molecule has 1 aromatic heterocycles. The van der Waals surface area contributed by atoms with Gasteiger partial charge in [-0.15, -0.1) is 11.3 Å². The Hall–Kier alpha value is -0.740. The van der Waals surface area contributed by atoms with Crippen molar-refractivity contribution in [2.75, 3.05) is 26.9 Å². The Labute approximate surface area is 112 Å². The van der Waals surface area contributed by atoms with Crippen LogP contribution in [0, 0.1) is 0 Å². The number of halogens is 3. The van der Waals surface area contributed by atoms with E-state index in [2.05, 4.69) is 10.4 Å². The molecule has 0 saturated carbocycles. The van der Waals surface area contributed by atoms with E-state index in [1.807, 2.05) is 0 Å². The second kappa shape index (κ2) is 7.75. The van der Waals surface area contributed by atoms with Gasteiger partial charge in [0, 0.05) is 24.8 Å². The third-order valence-corrected chi connectivity index (χ3v) is 3.45. The highest BCUT2D eigenvalue weighted by Crippen LogP contribution is 2.34. The molecule has 5 nitrogen and oxygen atoms in total. The van der Waals surface area contributed by atoms with Crippen molar-refractivity contribution in [3.63, 3.8) is 0 Å². The molecule has 1 rings (SSSR count). The first-order chi connectivity index (χ1) is 8.99. The molecule has 110 valence electrons. The Morgan fingerprint density at radius 2 is 2.16 bits per heavy atom. The number of thiazole rings is 1. The highest BCUT2D eigenvalue weighted by Gasteiger charge is 2.35. The molecule has 0 saturated heterocycles. The van der Waals surface area contributed by atoms with Gasteiger partial charge in [-0.3, -0.25) is 11.3 Å². The van der Waals surface area contributed by atoms with Gasteiger partial charge in [0.2, 0.25) is 0 Å². The van der Waals surface area contributed by atoms with E-state index in [0.717, 1.165) is 0 Å². The second-order valence-electron chi connectivity index (χ2n) is 3.68. The number of nitrogens with zero attached hydrogens (tertiary/aromatic N) is 1. The van der Waals surface area contributed by atoms with Gasteiger partial charge < -0.3 is 9.47 Å². The molecular weight excluding hydrogens is 283 g/mol. The molecule has 3 N–H and O–H groups in total. The van der Waals surface area contributed by atoms with Gasteiger partial charge in [0.25, 0.3) is 0 Å². The lowest BCUT2D eigenvalue weighted by Crippen LogP contribution is -2.28. The number of hydrogen-bond acceptors (Lipinski definition) is 6. The van der Waals surface area contributed by atoms with E-state index in [9.17, 15) is 13.2 Å². The summed E-state index contributed by atoms with van der Waals surface area (Å²) in [6, 6.07) is -0.406. The van der Waals surface area contributed by atoms with E-state index in [0.29, 0.717) is 42.5 Å². The van der Waals surface area contributed by atoms with Crippen LogP contribution in [0.3, 0.4) is 0 Å². The number of nitrogens with two attached hydrogens (primary N) is 1. The van der Waals surface area contributed by atoms with Crippen molar-refractivity contribution in [3.8, 4) is 0 Å². The number of alkyl halides is 3. The average Bonchev–Trinajstić information content (AvgIpc) is 2.83. The van der Waals surface area contributed by atoms with Gasteiger partial charge in [-0.25, -0.2) is 4.98 Å². The maximum absolute atomic E-state index is 12.4. The summed E-state index contributed by atoms with van der Waals surface area (Å²) in [7, 11) is 1.56. The zero-order valence-corrected chi connectivity index (χ0v) is 11.2. The van der Waals surface area contributed by atoms with Crippen LogP contribution in [0.15, 0.2) is 6.20 Å². The Kier molecular flexibility index (Phi) is 6.66. The van der Waals surface area contributed by atoms with Gasteiger partial charge in [-0.1, -0.05) is 0 Å². The molecule has 0 spiro atoms. The molecule has 0 radical (unpaired) electrons. The van der Waals surface area contributed by atoms with E-state index < -0.39 is 17.2 Å². The minimum Gasteiger partial charge on any atom is -0.382 e. The van der Waals surface area contributed by atoms with Crippen molar-refractivity contribution < 1.29 is 22.6 Å². The minimum atomic E-state index is -4.42. The fourth-order valence-electron chi connectivity index (χ4n) is 1.33. The van der Waals surface area contributed by atoms with Crippen molar-refractivity contribution >= 4 is 11.3 Å². The summed E-state index contributed by atoms with van der Waals surface area (Å²) in [6.07, 6.45) is -2.77. The van der Waals surface area contributed by atoms with E-state index in [1.54, 1.807) is 7.11 Å². The third kappa shape index (κ3) is 5.41. The molecule has 0 bridgehead atoms. The molecular formula is C10H16F3N3O2S. The van der Waals surface area contributed by atoms with Crippen LogP contribution in [-0.4, -0.2) is 31.9 Å². The first-order valence-corrected chi connectivity index (χ1v) is 6.36. The van der Waals surface area contributed by atoms with Crippen LogP contribution < -0.4 is 11.3 Å². The summed E-state index contributed by atoms with van der Waals surface area (Å²) in [5, 5.41) is -0.872. The number of hydrazine groups is 1. The fraction of sp³-hybridized carbons (Fsp3) is 0.700. The smallest absolute Gasteiger partial charge is 0.382 e. The fourth-order valence-corrected chi connectivity index (χ4v) is 2.21. The SMILES string of the molecule is COCCOCCC(NN)c1cnc(C(F)(F)F)s1. The molecule has 1 heterocycles. The molecule has 9 heteroatoms. The highest BCUT2D eigenvalue weighted by atomic mass is 32.1. The Morgan fingerprint density at radius 1 is 1.42 bits per heavy atom. The lowest BCUT2D eigenvalue weighted by atomic mass is 10.2. The lowest BCUT2D eigenvalue weighted by Gasteiger charge is -2.13. The summed E-state index contributed by atoms with van der Waals surface area (Å²) in [6.45, 7) is 1.28. The summed E-state index contributed by atoms with van der Waals surface area (Å²) in [5.74, 6) is 5.33. The molecule has 1 aromatic rings. The Balaban J connectivity index is 2.48. The van der Waals surface area contributed by atoms with Gasteiger partial charge in [0.15, 0.2) is 5.01 Å². The molecule has 0 aliphatic heterocycles. The van der Waals surface area contributed by atoms with Crippen LogP contribution in [0.25, 0.3) is 0 Å². The summed E-state index contributed by atoms with van der Waals surface area (Å²) >= 11 is 0.582. The Morgan fingerprint density at radius 3 is 2.68 bits per heavy atom. The van der Waals surface area contributed by atoms with Gasteiger partial charge in [0.05, 0.1) is 19.3 Å². The maximum atomic E-state index is 12.4. The molecule has 1 unspecified atom stereocenters. The van der Waals surface area contributed by atoms with Crippen LogP contribution in [0.2, 0.25) is 0 Å². The summed E-state index contributed by atoms with van der Waals surface area (Å²) in [4.78, 5) is 3.79. The van der Waals surface area contributed by atoms with E-state index in [1.165, 1.54) is 6.20 Å². The largest absolute Gasteiger partial charge is 0.443 e. The van der Waals surface area contributed by atoms with Crippen molar-refractivity contribution in [1.29, 1.82) is 0 Å². The molecule has 0 fully saturated rings. The number of aromatic nitrogens is 1. The van der Waals surface area contributed by atoms with Gasteiger partial charge in [-0.05, 0) is 6.42 Å². The first-order valence-electron chi connectivity index (χ1n) is 5.54. The van der Waals surface area contributed by atoms with Crippen molar-refractivity contribution in [2.24, 2.45) is 5.84 Å². The zero-order chi connectivity index (χ0) is 14.3. The summed E-state index contributed by atoms with van der Waals surface area (Å²) in [5.41, 5.74) is 2.47. The number of ether oxygens (including phenoxy) is 2. The zero-order valence-electron chi connectivity index (χ0n) is 10.4. The molecule has 1 atom stereocenters. The molecule has 0 aliphatic rings. The summed E-state index contributed by atoms with van der Waals surface area (Å²) < 4.78 is 47.3. The van der Waals surface area contributed by atoms with Crippen molar-refractivity contribution in [3.05, 3.63) is 16.1 Å². The van der Waals surface area contributed by atoms with Crippen molar-refractivity contribution in [2.45, 2.75) is 18.6 Å². The molecule has 0 aromatic carbocycles. The molecule has 0 amide bonds. The monoisotopic (exact) mass is 299 g/mol. The van der Waals surface area contributed by atoms with Crippen LogP contribution in [-0.2, 0) is 15.7 Å². The second-order valence-corrected chi connectivity index (χ2v) is 4.74. The number of hydrogen-bond donors (Lipinski definition) is 2. The van der Waals surface area contributed by atoms with Crippen LogP contribution in [0.4, 0.5) is 13.2 Å². The minimum absolute atomic E-state index is 0.372. The predicted molar refractivity (Wildman–Crippen MR) is 64.5 cm³/mol. The first kappa shape index (κ1) is 16.3. The van der Waals surface area contributed by atoms with Crippen molar-refractivity contribution in [1.82, 2.24) is 10.4 Å². The van der Waals surface area contributed by atoms with E-state index >= 15 is 0 Å². The van der Waals surface area contributed by atoms with Crippen LogP contribution in [0.5, 0.6) is 0 Å². The van der Waals surface area contributed by atoms with Gasteiger partial charge >= 0.3 is 6.18 Å². The van der Waals surface area contributed by atoms with Crippen LogP contribution in [0.1, 0.15) is 22.3 Å². The van der Waals surface area contributed by atoms with Crippen LogP contribution >= 0.6 is 11.3 Å². The predicted octanol–water partition coefficient (Wildman–Crippen LogP) is 1.72. The Bertz CT molecular complexity index is 373. The lowest BCUT2D eigenvalue weighted by molar-refractivity contribution is -0.137. The standard InChI is InChI=1S/C10H16F3N3O2S/c1-17-4-5-18-3-2-7(16-14)8-6-15-9(19-8)10(11,12)13/h6-7,16H,2-5,14H2,1H3. The quantitative estimate of drug-likeness (QED) is 0.434. The normalized spacial score (nSPS) is 13.7. The molecule has 0 aliphatic carbocycles. The third-order valence-electron chi connectivity index (χ3n) is 2.29. The molecule has 19 heavy (non-hydrogen) atoms. The van der Waals surface area contributed by atoms with E-state index in [-0.39, 0.29) is 0 Å². The number of rotatable bonds is 8. The average molecular weight is 299 g/mol. The highest BCUT2D eigenvalue weighted by molar-refractivity contribution is 7.11. The number of nitrogens with one attached hydrogen (secondary N) is 1. The number of methoxy groups -OCH3 is 1. The maximum Gasteiger partial charge on any atom is 0.443 e. The van der Waals surface area contributed by atoms with Gasteiger partial charge in [-0.2, -0.15) is 13.2 Å². The van der Waals surface area contributed by atoms with Gasteiger partial charge in [0.1, 0.15) is 0 Å². The topological polar surface area (TPSA) is 69.4 Å². The van der Waals surface area contributed by atoms with E-state index in [4.69, 9.17) is 15.3 Å².